The number of anilines is 1. The normalized spacial score (nSPS) is 13.7. The zero-order chi connectivity index (χ0) is 21.0. The summed E-state index contributed by atoms with van der Waals surface area (Å²) in [5, 5.41) is 8.21. The molecule has 0 amide bonds. The number of carboxylic acid groups (broad SMARTS) is 1. The predicted octanol–water partition coefficient (Wildman–Crippen LogP) is 2.50. The molecule has 0 saturated heterocycles. The molecule has 8 nitrogen and oxygen atoms in total. The molecule has 0 aliphatic heterocycles. The number of thiophene rings is 1. The van der Waals surface area contributed by atoms with E-state index < -0.39 is 61.5 Å². The second kappa shape index (κ2) is 6.20. The van der Waals surface area contributed by atoms with Crippen molar-refractivity contribution in [3.8, 4) is 0 Å². The molecule has 1 N–H and O–H groups in total. The molecule has 0 saturated carbocycles. The number of carboxylic acids is 1. The van der Waals surface area contributed by atoms with Gasteiger partial charge in [-0.1, -0.05) is 0 Å². The van der Waals surface area contributed by atoms with Gasteiger partial charge in [0.2, 0.25) is 0 Å². The third-order valence-corrected chi connectivity index (χ3v) is 7.52. The summed E-state index contributed by atoms with van der Waals surface area (Å²) >= 11 is -0.00209. The molecule has 0 aliphatic rings. The standard InChI is InChI=1S/C10H4F6N2O6S3/c11-9(12,13)26(21,22)18(27(23,24)10(14,15)16)5-4-2-1-3-17-7(4)25-6(5)8(19)20/h1-3H,(H,19,20). The second-order valence-corrected chi connectivity index (χ2v) is 9.33. The van der Waals surface area contributed by atoms with E-state index in [9.17, 15) is 48.0 Å². The van der Waals surface area contributed by atoms with Crippen molar-refractivity contribution < 1.29 is 53.1 Å². The molecule has 150 valence electrons. The van der Waals surface area contributed by atoms with Crippen LogP contribution in [0.15, 0.2) is 18.3 Å². The number of fused-ring (bicyclic) bond motifs is 1. The third-order valence-electron chi connectivity index (χ3n) is 2.84. The Balaban J connectivity index is 3.08. The SMILES string of the molecule is O=C(O)c1sc2ncccc2c1N(S(=O)(=O)C(F)(F)F)S(=O)(=O)C(F)(F)F. The first-order chi connectivity index (χ1) is 12.0. The lowest BCUT2D eigenvalue weighted by molar-refractivity contribution is -0.0462. The molecule has 0 bridgehead atoms. The molecule has 0 aliphatic carbocycles. The Labute approximate surface area is 149 Å². The van der Waals surface area contributed by atoms with Crippen molar-refractivity contribution in [2.45, 2.75) is 11.0 Å². The van der Waals surface area contributed by atoms with Crippen LogP contribution in [0.25, 0.3) is 10.2 Å². The van der Waals surface area contributed by atoms with Crippen molar-refractivity contribution in [2.24, 2.45) is 0 Å². The number of carbonyl (C=O) groups is 1. The van der Waals surface area contributed by atoms with Crippen LogP contribution in [-0.4, -0.2) is 43.9 Å². The first-order valence-electron chi connectivity index (χ1n) is 6.07. The molecule has 2 rings (SSSR count). The van der Waals surface area contributed by atoms with Crippen LogP contribution in [0.3, 0.4) is 0 Å². The molecule has 0 aromatic carbocycles. The summed E-state index contributed by atoms with van der Waals surface area (Å²) in [7, 11) is -14.4. The Kier molecular flexibility index (Phi) is 4.86. The van der Waals surface area contributed by atoms with E-state index in [1.165, 1.54) is 0 Å². The summed E-state index contributed by atoms with van der Waals surface area (Å²) in [4.78, 5) is 12.9. The second-order valence-electron chi connectivity index (χ2n) is 4.54. The van der Waals surface area contributed by atoms with E-state index in [1.807, 2.05) is 0 Å². The molecule has 27 heavy (non-hydrogen) atoms. The number of rotatable bonds is 4. The maximum atomic E-state index is 12.9. The molecule has 0 spiro atoms. The van der Waals surface area contributed by atoms with Crippen LogP contribution >= 0.6 is 11.3 Å². The lowest BCUT2D eigenvalue weighted by atomic mass is 10.3. The number of hydrogen-bond acceptors (Lipinski definition) is 7. The molecule has 0 unspecified atom stereocenters. The number of hydrogen-bond donors (Lipinski definition) is 1. The minimum atomic E-state index is -7.21. The van der Waals surface area contributed by atoms with E-state index in [1.54, 1.807) is 0 Å². The monoisotopic (exact) mass is 458 g/mol. The quantitative estimate of drug-likeness (QED) is 0.699. The van der Waals surface area contributed by atoms with E-state index in [2.05, 4.69) is 4.98 Å². The smallest absolute Gasteiger partial charge is 0.477 e. The van der Waals surface area contributed by atoms with Gasteiger partial charge >= 0.3 is 37.0 Å². The third kappa shape index (κ3) is 3.29. The van der Waals surface area contributed by atoms with Crippen LogP contribution in [-0.2, 0) is 20.0 Å². The molecular weight excluding hydrogens is 454 g/mol. The lowest BCUT2D eigenvalue weighted by Gasteiger charge is -2.25. The molecule has 0 fully saturated rings. The average molecular weight is 458 g/mol. The van der Waals surface area contributed by atoms with E-state index in [0.29, 0.717) is 0 Å². The minimum Gasteiger partial charge on any atom is -0.477 e. The van der Waals surface area contributed by atoms with Crippen LogP contribution in [0.5, 0.6) is 0 Å². The lowest BCUT2D eigenvalue weighted by Crippen LogP contribution is -2.49. The van der Waals surface area contributed by atoms with Gasteiger partial charge < -0.3 is 5.11 Å². The van der Waals surface area contributed by atoms with Crippen molar-refractivity contribution >= 4 is 53.3 Å². The maximum Gasteiger partial charge on any atom is 0.517 e. The molecule has 2 heterocycles. The van der Waals surface area contributed by atoms with E-state index in [0.717, 1.165) is 18.3 Å². The number of nitrogens with zero attached hydrogens (tertiary/aromatic N) is 2. The number of aromatic carboxylic acids is 1. The van der Waals surface area contributed by atoms with Crippen LogP contribution in [0.2, 0.25) is 0 Å². The summed E-state index contributed by atoms with van der Waals surface area (Å²) in [5.74, 6) is -2.16. The minimum absolute atomic E-state index is 0.00209. The highest BCUT2D eigenvalue weighted by Gasteiger charge is 2.62. The zero-order valence-corrected chi connectivity index (χ0v) is 14.6. The van der Waals surface area contributed by atoms with Crippen molar-refractivity contribution in [3.05, 3.63) is 23.2 Å². The van der Waals surface area contributed by atoms with Crippen LogP contribution in [0.1, 0.15) is 9.67 Å². The van der Waals surface area contributed by atoms with Gasteiger partial charge in [-0.25, -0.2) is 9.78 Å². The Morgan fingerprint density at radius 2 is 1.52 bits per heavy atom. The highest BCUT2D eigenvalue weighted by Crippen LogP contribution is 2.45. The van der Waals surface area contributed by atoms with Gasteiger partial charge in [0.25, 0.3) is 0 Å². The maximum absolute atomic E-state index is 12.9. The van der Waals surface area contributed by atoms with Gasteiger partial charge in [0, 0.05) is 11.6 Å². The number of pyridine rings is 1. The number of sulfonamides is 2. The van der Waals surface area contributed by atoms with Gasteiger partial charge in [0.05, 0.1) is 0 Å². The average Bonchev–Trinajstić information content (AvgIpc) is 2.84. The topological polar surface area (TPSA) is 122 Å². The highest BCUT2D eigenvalue weighted by molar-refractivity contribution is 8.11. The number of alkyl halides is 6. The molecule has 17 heteroatoms. The van der Waals surface area contributed by atoms with Crippen molar-refractivity contribution in [2.75, 3.05) is 3.71 Å². The van der Waals surface area contributed by atoms with E-state index in [-0.39, 0.29) is 11.3 Å². The summed E-state index contributed by atoms with van der Waals surface area (Å²) in [6, 6.07) is 1.66. The van der Waals surface area contributed by atoms with Gasteiger partial charge in [-0.3, -0.25) is 0 Å². The number of aromatic nitrogens is 1. The first-order valence-corrected chi connectivity index (χ1v) is 9.77. The van der Waals surface area contributed by atoms with Crippen molar-refractivity contribution in [1.29, 1.82) is 0 Å². The molecular formula is C10H4F6N2O6S3. The van der Waals surface area contributed by atoms with Gasteiger partial charge in [-0.2, -0.15) is 43.2 Å². The van der Waals surface area contributed by atoms with E-state index >= 15 is 0 Å². The van der Waals surface area contributed by atoms with E-state index in [4.69, 9.17) is 5.11 Å². The fraction of sp³-hybridized carbons (Fsp3) is 0.200. The summed E-state index contributed by atoms with van der Waals surface area (Å²) in [5.41, 5.74) is -14.8. The van der Waals surface area contributed by atoms with Gasteiger partial charge in [0.1, 0.15) is 15.4 Å². The Morgan fingerprint density at radius 3 is 1.93 bits per heavy atom. The predicted molar refractivity (Wildman–Crippen MR) is 79.0 cm³/mol. The van der Waals surface area contributed by atoms with Crippen LogP contribution in [0.4, 0.5) is 32.0 Å². The summed E-state index contributed by atoms with van der Waals surface area (Å²) in [6.07, 6.45) is 0.981. The Morgan fingerprint density at radius 1 is 1.04 bits per heavy atom. The van der Waals surface area contributed by atoms with Gasteiger partial charge in [-0.15, -0.1) is 15.0 Å². The first kappa shape index (κ1) is 21.2. The largest absolute Gasteiger partial charge is 0.517 e. The molecule has 0 radical (unpaired) electrons. The Bertz CT molecular complexity index is 1070. The zero-order valence-electron chi connectivity index (χ0n) is 12.1. The molecule has 0 atom stereocenters. The fourth-order valence-electron chi connectivity index (χ4n) is 1.80. The van der Waals surface area contributed by atoms with Crippen molar-refractivity contribution in [3.63, 3.8) is 0 Å². The molecule has 2 aromatic heterocycles. The fourth-order valence-corrected chi connectivity index (χ4v) is 5.66. The van der Waals surface area contributed by atoms with Gasteiger partial charge in [-0.05, 0) is 12.1 Å². The Hall–Kier alpha value is -2.14. The van der Waals surface area contributed by atoms with Crippen LogP contribution in [0, 0.1) is 0 Å². The van der Waals surface area contributed by atoms with Crippen molar-refractivity contribution in [1.82, 2.24) is 4.98 Å². The highest BCUT2D eigenvalue weighted by atomic mass is 32.3. The summed E-state index contributed by atoms with van der Waals surface area (Å²) in [6.45, 7) is 0. The van der Waals surface area contributed by atoms with Crippen LogP contribution < -0.4 is 3.71 Å². The van der Waals surface area contributed by atoms with Gasteiger partial charge in [0.15, 0.2) is 0 Å². The number of halogens is 6. The molecule has 2 aromatic rings. The summed E-state index contributed by atoms with van der Waals surface area (Å²) < 4.78 is 122.